The van der Waals surface area contributed by atoms with E-state index in [2.05, 4.69) is 15.6 Å². The third-order valence-electron chi connectivity index (χ3n) is 10.7. The van der Waals surface area contributed by atoms with Crippen LogP contribution >= 0.6 is 0 Å². The van der Waals surface area contributed by atoms with Crippen molar-refractivity contribution in [3.63, 3.8) is 0 Å². The van der Waals surface area contributed by atoms with Crippen molar-refractivity contribution in [2.24, 2.45) is 35.5 Å². The maximum Gasteiger partial charge on any atom is 0.251 e. The molecule has 1 heterocycles. The van der Waals surface area contributed by atoms with E-state index in [4.69, 9.17) is 4.98 Å². The number of H-pyrrole nitrogens is 1. The SMILES string of the molecule is O=C(NC12CC3CC(CC(C3)C1)C2)c1ccc2[nH]c(-c3ccc(NC(=O)C4CC5CCC4C5)cc3)nc2c1. The number of nitrogens with zero attached hydrogens (tertiary/aromatic N) is 1. The molecule has 3 atom stereocenters. The Morgan fingerprint density at radius 3 is 2.24 bits per heavy atom. The Hall–Kier alpha value is -3.15. The van der Waals surface area contributed by atoms with Gasteiger partial charge in [-0.3, -0.25) is 9.59 Å². The highest BCUT2D eigenvalue weighted by atomic mass is 16.2. The first-order valence-corrected chi connectivity index (χ1v) is 14.7. The van der Waals surface area contributed by atoms with Crippen LogP contribution in [0.3, 0.4) is 0 Å². The molecule has 6 fully saturated rings. The van der Waals surface area contributed by atoms with Crippen LogP contribution < -0.4 is 10.6 Å². The number of imidazole rings is 1. The van der Waals surface area contributed by atoms with E-state index in [1.54, 1.807) is 0 Å². The highest BCUT2D eigenvalue weighted by Crippen LogP contribution is 2.55. The van der Waals surface area contributed by atoms with E-state index in [0.29, 0.717) is 11.5 Å². The maximum atomic E-state index is 13.3. The minimum atomic E-state index is 0.00599. The monoisotopic (exact) mass is 508 g/mol. The van der Waals surface area contributed by atoms with E-state index in [1.807, 2.05) is 42.5 Å². The summed E-state index contributed by atoms with van der Waals surface area (Å²) < 4.78 is 0. The lowest BCUT2D eigenvalue weighted by atomic mass is 9.53. The van der Waals surface area contributed by atoms with Crippen molar-refractivity contribution in [1.29, 1.82) is 0 Å². The zero-order chi connectivity index (χ0) is 25.4. The summed E-state index contributed by atoms with van der Waals surface area (Å²) in [6.07, 6.45) is 12.3. The highest BCUT2D eigenvalue weighted by Gasteiger charge is 2.51. The molecule has 0 radical (unpaired) electrons. The van der Waals surface area contributed by atoms with Gasteiger partial charge in [-0.05, 0) is 130 Å². The summed E-state index contributed by atoms with van der Waals surface area (Å²) in [6, 6.07) is 13.7. The average molecular weight is 509 g/mol. The first-order chi connectivity index (χ1) is 18.5. The Labute approximate surface area is 223 Å². The zero-order valence-corrected chi connectivity index (χ0v) is 21.8. The minimum absolute atomic E-state index is 0.00599. The van der Waals surface area contributed by atoms with Gasteiger partial charge in [-0.1, -0.05) is 6.42 Å². The van der Waals surface area contributed by atoms with Gasteiger partial charge in [0.2, 0.25) is 5.91 Å². The van der Waals surface area contributed by atoms with E-state index in [9.17, 15) is 9.59 Å². The summed E-state index contributed by atoms with van der Waals surface area (Å²) in [5.74, 6) is 4.90. The van der Waals surface area contributed by atoms with Crippen LogP contribution in [0.25, 0.3) is 22.4 Å². The van der Waals surface area contributed by atoms with Gasteiger partial charge in [0.05, 0.1) is 11.0 Å². The molecule has 0 aliphatic heterocycles. The van der Waals surface area contributed by atoms with Gasteiger partial charge in [0.15, 0.2) is 0 Å². The van der Waals surface area contributed by atoms with Crippen molar-refractivity contribution in [3.8, 4) is 11.4 Å². The number of aromatic nitrogens is 2. The number of benzene rings is 2. The summed E-state index contributed by atoms with van der Waals surface area (Å²) in [5.41, 5.74) is 4.20. The van der Waals surface area contributed by atoms with Gasteiger partial charge in [0.1, 0.15) is 5.82 Å². The molecule has 6 saturated carbocycles. The molecule has 3 unspecified atom stereocenters. The predicted octanol–water partition coefficient (Wildman–Crippen LogP) is 6.30. The summed E-state index contributed by atoms with van der Waals surface area (Å²) in [5, 5.41) is 6.62. The van der Waals surface area contributed by atoms with Gasteiger partial charge in [-0.25, -0.2) is 4.98 Å². The third kappa shape index (κ3) is 3.87. The van der Waals surface area contributed by atoms with E-state index in [0.717, 1.165) is 77.5 Å². The summed E-state index contributed by atoms with van der Waals surface area (Å²) in [6.45, 7) is 0. The summed E-state index contributed by atoms with van der Waals surface area (Å²) >= 11 is 0. The molecule has 2 amide bonds. The number of rotatable bonds is 5. The van der Waals surface area contributed by atoms with Gasteiger partial charge < -0.3 is 15.6 Å². The quantitative estimate of drug-likeness (QED) is 0.378. The van der Waals surface area contributed by atoms with Crippen LogP contribution in [0, 0.1) is 35.5 Å². The number of hydrogen-bond donors (Lipinski definition) is 3. The van der Waals surface area contributed by atoms with Crippen LogP contribution in [0.2, 0.25) is 0 Å². The Bertz CT molecular complexity index is 1390. The average Bonchev–Trinajstić information content (AvgIpc) is 3.63. The van der Waals surface area contributed by atoms with Gasteiger partial charge in [-0.15, -0.1) is 0 Å². The number of fused-ring (bicyclic) bond motifs is 3. The molecule has 0 saturated heterocycles. The highest BCUT2D eigenvalue weighted by molar-refractivity contribution is 5.98. The first kappa shape index (κ1) is 22.8. The fourth-order valence-corrected chi connectivity index (χ4v) is 9.37. The molecule has 196 valence electrons. The Morgan fingerprint density at radius 1 is 0.842 bits per heavy atom. The van der Waals surface area contributed by atoms with Crippen molar-refractivity contribution in [2.75, 3.05) is 5.32 Å². The van der Waals surface area contributed by atoms with E-state index >= 15 is 0 Å². The van der Waals surface area contributed by atoms with Crippen molar-refractivity contribution in [2.45, 2.75) is 69.7 Å². The molecule has 6 nitrogen and oxygen atoms in total. The van der Waals surface area contributed by atoms with E-state index in [1.165, 1.54) is 38.5 Å². The van der Waals surface area contributed by atoms with Crippen molar-refractivity contribution < 1.29 is 9.59 Å². The smallest absolute Gasteiger partial charge is 0.251 e. The lowest BCUT2D eigenvalue weighted by molar-refractivity contribution is -0.121. The molecular weight excluding hydrogens is 472 g/mol. The number of carbonyl (C=O) groups excluding carboxylic acids is 2. The molecule has 9 rings (SSSR count). The Morgan fingerprint density at radius 2 is 1.58 bits per heavy atom. The second-order valence-corrected chi connectivity index (χ2v) is 13.3. The second kappa shape index (κ2) is 8.42. The molecule has 6 heteroatoms. The third-order valence-corrected chi connectivity index (χ3v) is 10.7. The molecule has 0 spiro atoms. The Balaban J connectivity index is 0.965. The molecule has 3 N–H and O–H groups in total. The van der Waals surface area contributed by atoms with Crippen LogP contribution in [0.15, 0.2) is 42.5 Å². The molecule has 2 aromatic carbocycles. The fourth-order valence-electron chi connectivity index (χ4n) is 9.37. The van der Waals surface area contributed by atoms with Crippen molar-refractivity contribution in [1.82, 2.24) is 15.3 Å². The zero-order valence-electron chi connectivity index (χ0n) is 21.8. The lowest BCUT2D eigenvalue weighted by Gasteiger charge is -2.56. The number of carbonyl (C=O) groups is 2. The van der Waals surface area contributed by atoms with Gasteiger partial charge >= 0.3 is 0 Å². The molecule has 1 aromatic heterocycles. The molecular formula is C32H36N4O2. The molecule has 6 aliphatic rings. The van der Waals surface area contributed by atoms with Crippen LogP contribution in [0.5, 0.6) is 0 Å². The normalized spacial score (nSPS) is 34.6. The molecule has 3 aromatic rings. The molecule has 6 aliphatic carbocycles. The van der Waals surface area contributed by atoms with Crippen molar-refractivity contribution >= 4 is 28.5 Å². The lowest BCUT2D eigenvalue weighted by Crippen LogP contribution is -2.59. The first-order valence-electron chi connectivity index (χ1n) is 14.7. The van der Waals surface area contributed by atoms with Gasteiger partial charge in [0, 0.05) is 28.3 Å². The maximum absolute atomic E-state index is 13.3. The topological polar surface area (TPSA) is 86.9 Å². The second-order valence-electron chi connectivity index (χ2n) is 13.3. The summed E-state index contributed by atoms with van der Waals surface area (Å²) in [4.78, 5) is 34.3. The number of nitrogens with one attached hydrogen (secondary N) is 3. The fraction of sp³-hybridized carbons (Fsp3) is 0.531. The number of amides is 2. The van der Waals surface area contributed by atoms with Crippen molar-refractivity contribution in [3.05, 3.63) is 48.0 Å². The standard InChI is InChI=1S/C32H36N4O2/c37-30(36-32-15-19-9-20(16-32)11-21(10-19)17-32)24-5-8-27-28(14-24)35-29(34-27)22-3-6-25(7-4-22)33-31(38)26-13-18-1-2-23(26)12-18/h3-8,14,18-21,23,26H,1-2,9-13,15-17H2,(H,33,38)(H,34,35)(H,36,37). The van der Waals surface area contributed by atoms with Crippen LogP contribution in [-0.4, -0.2) is 27.3 Å². The summed E-state index contributed by atoms with van der Waals surface area (Å²) in [7, 11) is 0. The van der Waals surface area contributed by atoms with E-state index < -0.39 is 0 Å². The largest absolute Gasteiger partial charge is 0.347 e. The Kier molecular flexibility index (Phi) is 5.05. The van der Waals surface area contributed by atoms with E-state index in [-0.39, 0.29) is 23.3 Å². The van der Waals surface area contributed by atoms with Gasteiger partial charge in [-0.2, -0.15) is 0 Å². The molecule has 38 heavy (non-hydrogen) atoms. The van der Waals surface area contributed by atoms with Crippen LogP contribution in [0.4, 0.5) is 5.69 Å². The minimum Gasteiger partial charge on any atom is -0.347 e. The van der Waals surface area contributed by atoms with Crippen LogP contribution in [0.1, 0.15) is 74.6 Å². The predicted molar refractivity (Wildman–Crippen MR) is 147 cm³/mol. The number of aromatic amines is 1. The van der Waals surface area contributed by atoms with Gasteiger partial charge in [0.25, 0.3) is 5.91 Å². The number of anilines is 1. The molecule has 6 bridgehead atoms. The number of hydrogen-bond acceptors (Lipinski definition) is 3. The van der Waals surface area contributed by atoms with Crippen LogP contribution in [-0.2, 0) is 4.79 Å².